The first-order valence-corrected chi connectivity index (χ1v) is 11.9. The zero-order valence-electron chi connectivity index (χ0n) is 13.2. The highest BCUT2D eigenvalue weighted by atomic mass is 32.2. The molecule has 1 N–H and O–H groups in total. The van der Waals surface area contributed by atoms with Gasteiger partial charge in [-0.2, -0.15) is 4.31 Å². The molecule has 2 unspecified atom stereocenters. The lowest BCUT2D eigenvalue weighted by atomic mass is 10.0. The minimum absolute atomic E-state index is 0.0778. The fourth-order valence-electron chi connectivity index (χ4n) is 3.74. The number of rotatable bonds is 5. The molecule has 1 aromatic heterocycles. The number of hydrogen-bond acceptors (Lipinski definition) is 5. The largest absolute Gasteiger partial charge is 0.250 e. The molecule has 0 spiro atoms. The van der Waals surface area contributed by atoms with Gasteiger partial charge in [0.1, 0.15) is 4.21 Å². The van der Waals surface area contributed by atoms with Crippen LogP contribution < -0.4 is 4.72 Å². The Balaban J connectivity index is 1.73. The fourth-order valence-corrected chi connectivity index (χ4v) is 7.78. The molecule has 0 aliphatic carbocycles. The number of thiophene rings is 1. The van der Waals surface area contributed by atoms with E-state index in [1.807, 2.05) is 13.0 Å². The molecule has 3 rings (SSSR count). The van der Waals surface area contributed by atoms with E-state index >= 15 is 0 Å². The van der Waals surface area contributed by atoms with E-state index in [0.717, 1.165) is 24.1 Å². The summed E-state index contributed by atoms with van der Waals surface area (Å²) in [5.41, 5.74) is 0. The molecule has 9 heteroatoms. The Labute approximate surface area is 142 Å². The van der Waals surface area contributed by atoms with Gasteiger partial charge in [-0.3, -0.25) is 0 Å². The topological polar surface area (TPSA) is 83.6 Å². The number of fused-ring (bicyclic) bond motifs is 2. The van der Waals surface area contributed by atoms with Gasteiger partial charge in [0.15, 0.2) is 0 Å². The lowest BCUT2D eigenvalue weighted by Gasteiger charge is -2.37. The molecule has 0 aromatic carbocycles. The summed E-state index contributed by atoms with van der Waals surface area (Å²) in [4.78, 5) is 1.04. The van der Waals surface area contributed by atoms with Crippen molar-refractivity contribution in [1.29, 1.82) is 0 Å². The summed E-state index contributed by atoms with van der Waals surface area (Å²) in [5, 5.41) is 0. The molecule has 2 atom stereocenters. The van der Waals surface area contributed by atoms with Crippen molar-refractivity contribution < 1.29 is 16.8 Å². The van der Waals surface area contributed by atoms with Crippen LogP contribution in [0, 0.1) is 0 Å². The van der Waals surface area contributed by atoms with Gasteiger partial charge in [0.25, 0.3) is 0 Å². The molecule has 0 radical (unpaired) electrons. The first-order valence-electron chi connectivity index (χ1n) is 7.80. The van der Waals surface area contributed by atoms with Crippen molar-refractivity contribution in [1.82, 2.24) is 9.03 Å². The van der Waals surface area contributed by atoms with Gasteiger partial charge in [-0.05, 0) is 44.2 Å². The fraction of sp³-hybridized carbons (Fsp3) is 0.714. The van der Waals surface area contributed by atoms with Crippen molar-refractivity contribution in [3.63, 3.8) is 0 Å². The summed E-state index contributed by atoms with van der Waals surface area (Å²) >= 11 is 1.29. The molecule has 23 heavy (non-hydrogen) atoms. The Bertz CT molecular complexity index is 771. The minimum Gasteiger partial charge on any atom is -0.212 e. The molecule has 0 amide bonds. The molecule has 2 aliphatic heterocycles. The predicted octanol–water partition coefficient (Wildman–Crippen LogP) is 1.54. The number of nitrogens with one attached hydrogen (secondary N) is 1. The average Bonchev–Trinajstić information content (AvgIpc) is 3.02. The molecule has 2 aliphatic rings. The second-order valence-corrected chi connectivity index (χ2v) is 11.3. The lowest BCUT2D eigenvalue weighted by molar-refractivity contribution is 0.221. The molecule has 0 saturated carbocycles. The summed E-state index contributed by atoms with van der Waals surface area (Å²) in [6, 6.07) is 3.14. The average molecular weight is 379 g/mol. The van der Waals surface area contributed by atoms with Crippen molar-refractivity contribution in [2.45, 2.75) is 61.4 Å². The van der Waals surface area contributed by atoms with Gasteiger partial charge in [0, 0.05) is 23.0 Å². The van der Waals surface area contributed by atoms with Crippen molar-refractivity contribution >= 4 is 31.4 Å². The van der Waals surface area contributed by atoms with Crippen LogP contribution in [0.3, 0.4) is 0 Å². The van der Waals surface area contributed by atoms with Gasteiger partial charge >= 0.3 is 0 Å². The second-order valence-electron chi connectivity index (χ2n) is 6.34. The monoisotopic (exact) mass is 378 g/mol. The van der Waals surface area contributed by atoms with Crippen molar-refractivity contribution in [2.24, 2.45) is 0 Å². The Hall–Kier alpha value is -0.480. The molecule has 3 heterocycles. The maximum Gasteiger partial charge on any atom is 0.250 e. The van der Waals surface area contributed by atoms with Crippen LogP contribution >= 0.6 is 11.3 Å². The van der Waals surface area contributed by atoms with Crippen LogP contribution in [0.15, 0.2) is 16.3 Å². The van der Waals surface area contributed by atoms with Crippen LogP contribution in [0.1, 0.15) is 37.5 Å². The van der Waals surface area contributed by atoms with E-state index < -0.39 is 20.0 Å². The Morgan fingerprint density at radius 1 is 1.17 bits per heavy atom. The summed E-state index contributed by atoms with van der Waals surface area (Å²) in [6.07, 6.45) is 4.78. The zero-order chi connectivity index (χ0) is 16.8. The van der Waals surface area contributed by atoms with Gasteiger partial charge < -0.3 is 0 Å². The number of nitrogens with zero attached hydrogens (tertiary/aromatic N) is 1. The Morgan fingerprint density at radius 2 is 1.78 bits per heavy atom. The third kappa shape index (κ3) is 3.48. The number of sulfonamides is 2. The first-order chi connectivity index (χ1) is 10.7. The van der Waals surface area contributed by atoms with Gasteiger partial charge in [0.2, 0.25) is 20.0 Å². The normalized spacial score (nSPS) is 29.0. The van der Waals surface area contributed by atoms with E-state index in [-0.39, 0.29) is 18.1 Å². The summed E-state index contributed by atoms with van der Waals surface area (Å²) in [7, 11) is -6.74. The molecule has 2 fully saturated rings. The number of hydrogen-bond donors (Lipinski definition) is 1. The molecule has 2 saturated heterocycles. The smallest absolute Gasteiger partial charge is 0.212 e. The molecular formula is C14H22N2O4S3. The van der Waals surface area contributed by atoms with Crippen LogP contribution in [0.5, 0.6) is 0 Å². The number of piperidine rings is 1. The van der Waals surface area contributed by atoms with Gasteiger partial charge in [-0.15, -0.1) is 11.3 Å². The molecule has 130 valence electrons. The van der Waals surface area contributed by atoms with E-state index in [1.165, 1.54) is 17.6 Å². The van der Waals surface area contributed by atoms with E-state index in [9.17, 15) is 16.8 Å². The van der Waals surface area contributed by atoms with Crippen LogP contribution in [-0.4, -0.2) is 45.5 Å². The summed E-state index contributed by atoms with van der Waals surface area (Å²) in [6.45, 7) is 1.99. The SMILES string of the molecule is CCc1ccc(S(=O)(=O)NC2CC3CCC(C2)N3S(C)(=O)=O)s1. The lowest BCUT2D eigenvalue weighted by Crippen LogP contribution is -2.51. The highest BCUT2D eigenvalue weighted by molar-refractivity contribution is 7.91. The zero-order valence-corrected chi connectivity index (χ0v) is 15.7. The third-order valence-corrected chi connectivity index (χ3v) is 9.23. The Kier molecular flexibility index (Phi) is 4.61. The second kappa shape index (κ2) is 6.11. The maximum atomic E-state index is 12.5. The van der Waals surface area contributed by atoms with E-state index in [0.29, 0.717) is 17.1 Å². The Morgan fingerprint density at radius 3 is 2.26 bits per heavy atom. The van der Waals surface area contributed by atoms with Gasteiger partial charge in [-0.1, -0.05) is 6.92 Å². The van der Waals surface area contributed by atoms with E-state index in [1.54, 1.807) is 10.4 Å². The van der Waals surface area contributed by atoms with E-state index in [2.05, 4.69) is 4.72 Å². The van der Waals surface area contributed by atoms with Crippen molar-refractivity contribution in [3.05, 3.63) is 17.0 Å². The van der Waals surface area contributed by atoms with Crippen LogP contribution in [0.25, 0.3) is 0 Å². The van der Waals surface area contributed by atoms with Gasteiger partial charge in [0.05, 0.1) is 6.26 Å². The van der Waals surface area contributed by atoms with Crippen LogP contribution in [-0.2, 0) is 26.5 Å². The molecule has 6 nitrogen and oxygen atoms in total. The van der Waals surface area contributed by atoms with Crippen molar-refractivity contribution in [3.8, 4) is 0 Å². The standard InChI is InChI=1S/C14H22N2O4S3/c1-3-13-6-7-14(21-13)23(19,20)15-10-8-11-4-5-12(9-10)16(11)22(2,17)18/h6-7,10-12,15H,3-5,8-9H2,1-2H3. The van der Waals surface area contributed by atoms with Crippen LogP contribution in [0.2, 0.25) is 0 Å². The van der Waals surface area contributed by atoms with Gasteiger partial charge in [-0.25, -0.2) is 21.6 Å². The predicted molar refractivity (Wildman–Crippen MR) is 90.5 cm³/mol. The third-order valence-electron chi connectivity index (χ3n) is 4.62. The molecular weight excluding hydrogens is 356 g/mol. The van der Waals surface area contributed by atoms with Crippen molar-refractivity contribution in [2.75, 3.05) is 6.26 Å². The maximum absolute atomic E-state index is 12.5. The minimum atomic E-state index is -3.52. The highest BCUT2D eigenvalue weighted by Gasteiger charge is 2.46. The highest BCUT2D eigenvalue weighted by Crippen LogP contribution is 2.38. The summed E-state index contributed by atoms with van der Waals surface area (Å²) < 4.78 is 53.5. The molecule has 2 bridgehead atoms. The first kappa shape index (κ1) is 17.3. The quantitative estimate of drug-likeness (QED) is 0.842. The summed E-state index contributed by atoms with van der Waals surface area (Å²) in [5.74, 6) is 0. The van der Waals surface area contributed by atoms with Crippen LogP contribution in [0.4, 0.5) is 0 Å². The number of aryl methyl sites for hydroxylation is 1. The van der Waals surface area contributed by atoms with E-state index in [4.69, 9.17) is 0 Å². The molecule has 1 aromatic rings.